The van der Waals surface area contributed by atoms with Crippen LogP contribution in [0.2, 0.25) is 0 Å². The molecule has 2 aliphatic carbocycles. The number of amides is 2. The number of fused-ring (bicyclic) bond motifs is 1. The predicted molar refractivity (Wildman–Crippen MR) is 111 cm³/mol. The quantitative estimate of drug-likeness (QED) is 0.666. The topological polar surface area (TPSA) is 44.7 Å². The third-order valence-electron chi connectivity index (χ3n) is 6.68. The Morgan fingerprint density at radius 3 is 2.52 bits per heavy atom. The number of nitrogens with zero attached hydrogens (tertiary/aromatic N) is 2. The van der Waals surface area contributed by atoms with Crippen molar-refractivity contribution in [3.05, 3.63) is 29.8 Å². The van der Waals surface area contributed by atoms with Crippen molar-refractivity contribution in [1.29, 1.82) is 0 Å². The predicted octanol–water partition coefficient (Wildman–Crippen LogP) is 6.18. The number of urea groups is 1. The highest BCUT2D eigenvalue weighted by atomic mass is 16.2. The minimum atomic E-state index is -0.0496. The largest absolute Gasteiger partial charge is 0.342 e. The second-order valence-corrected chi connectivity index (χ2v) is 8.76. The van der Waals surface area contributed by atoms with Gasteiger partial charge in [0.25, 0.3) is 0 Å². The van der Waals surface area contributed by atoms with Crippen LogP contribution in [0.4, 0.5) is 10.5 Å². The number of para-hydroxylation sites is 1. The van der Waals surface area contributed by atoms with Crippen LogP contribution in [0.15, 0.2) is 29.4 Å². The second-order valence-electron chi connectivity index (χ2n) is 8.76. The van der Waals surface area contributed by atoms with Crippen molar-refractivity contribution in [3.8, 4) is 0 Å². The zero-order valence-corrected chi connectivity index (χ0v) is 16.6. The van der Waals surface area contributed by atoms with Crippen LogP contribution in [0.25, 0.3) is 0 Å². The number of benzene rings is 1. The lowest BCUT2D eigenvalue weighted by Crippen LogP contribution is -2.40. The lowest BCUT2D eigenvalue weighted by molar-refractivity contribution is 0.171. The molecular formula is C23H33N3O. The van der Waals surface area contributed by atoms with Crippen LogP contribution in [0, 0.1) is 11.8 Å². The van der Waals surface area contributed by atoms with E-state index in [1.54, 1.807) is 0 Å². The zero-order chi connectivity index (χ0) is 18.6. The van der Waals surface area contributed by atoms with E-state index < -0.39 is 0 Å². The molecule has 1 aromatic carbocycles. The summed E-state index contributed by atoms with van der Waals surface area (Å²) >= 11 is 0. The first-order chi connectivity index (χ1) is 13.2. The number of carbonyl (C=O) groups is 1. The maximum Gasteiger partial charge on any atom is 0.342 e. The molecule has 3 aliphatic rings. The maximum atomic E-state index is 13.1. The van der Waals surface area contributed by atoms with Gasteiger partial charge in [-0.1, -0.05) is 63.6 Å². The van der Waals surface area contributed by atoms with Crippen LogP contribution in [0.3, 0.4) is 0 Å². The number of carbonyl (C=O) groups excluding carboxylic acids is 1. The smallest absolute Gasteiger partial charge is 0.306 e. The molecular weight excluding hydrogens is 334 g/mol. The monoisotopic (exact) mass is 367 g/mol. The van der Waals surface area contributed by atoms with Crippen LogP contribution in [-0.4, -0.2) is 22.8 Å². The van der Waals surface area contributed by atoms with E-state index >= 15 is 0 Å². The summed E-state index contributed by atoms with van der Waals surface area (Å²) < 4.78 is 0. The highest BCUT2D eigenvalue weighted by Crippen LogP contribution is 2.34. The molecule has 2 atom stereocenters. The first-order valence-electron chi connectivity index (χ1n) is 11.0. The molecule has 0 saturated heterocycles. The van der Waals surface area contributed by atoms with Gasteiger partial charge in [-0.2, -0.15) is 5.10 Å². The summed E-state index contributed by atoms with van der Waals surface area (Å²) in [6.07, 6.45) is 13.4. The van der Waals surface area contributed by atoms with Crippen LogP contribution in [0.1, 0.15) is 83.1 Å². The Hall–Kier alpha value is -1.84. The Morgan fingerprint density at radius 1 is 0.926 bits per heavy atom. The maximum absolute atomic E-state index is 13.1. The summed E-state index contributed by atoms with van der Waals surface area (Å²) in [5, 5.41) is 10.1. The number of rotatable bonds is 2. The van der Waals surface area contributed by atoms with Gasteiger partial charge < -0.3 is 5.32 Å². The van der Waals surface area contributed by atoms with Crippen LogP contribution >= 0.6 is 0 Å². The Kier molecular flexibility index (Phi) is 5.80. The Bertz CT molecular complexity index is 693. The van der Waals surface area contributed by atoms with Gasteiger partial charge in [-0.05, 0) is 44.1 Å². The van der Waals surface area contributed by atoms with Crippen molar-refractivity contribution in [1.82, 2.24) is 5.01 Å². The van der Waals surface area contributed by atoms with Gasteiger partial charge in [0.2, 0.25) is 0 Å². The lowest BCUT2D eigenvalue weighted by Gasteiger charge is -2.31. The average Bonchev–Trinajstić information content (AvgIpc) is 2.82. The molecule has 4 heteroatoms. The standard InChI is InChI=1S/C23H33N3O/c1-17-9-5-6-12-19(16-15-17)26-23(27)24-21-14-8-7-13-20(21)22(25-26)18-10-3-2-4-11-18/h7-8,13-14,17-19H,2-6,9-12,15-16H2,1H3,(H,24,27). The molecule has 0 aromatic heterocycles. The van der Waals surface area contributed by atoms with Gasteiger partial charge in [0, 0.05) is 11.5 Å². The molecule has 2 amide bonds. The Balaban J connectivity index is 1.67. The summed E-state index contributed by atoms with van der Waals surface area (Å²) in [4.78, 5) is 13.1. The van der Waals surface area contributed by atoms with E-state index in [2.05, 4.69) is 24.4 Å². The van der Waals surface area contributed by atoms with E-state index in [-0.39, 0.29) is 12.1 Å². The van der Waals surface area contributed by atoms with Gasteiger partial charge >= 0.3 is 6.03 Å². The molecule has 2 saturated carbocycles. The van der Waals surface area contributed by atoms with Crippen LogP contribution < -0.4 is 5.32 Å². The van der Waals surface area contributed by atoms with Crippen molar-refractivity contribution in [3.63, 3.8) is 0 Å². The fraction of sp³-hybridized carbons (Fsp3) is 0.652. The van der Waals surface area contributed by atoms with Crippen molar-refractivity contribution in [2.45, 2.75) is 83.6 Å². The van der Waals surface area contributed by atoms with Crippen molar-refractivity contribution >= 4 is 17.4 Å². The molecule has 1 N–H and O–H groups in total. The van der Waals surface area contributed by atoms with E-state index in [1.807, 2.05) is 17.1 Å². The Labute approximate surface area is 163 Å². The van der Waals surface area contributed by atoms with Crippen LogP contribution in [-0.2, 0) is 0 Å². The van der Waals surface area contributed by atoms with Gasteiger partial charge in [0.15, 0.2) is 0 Å². The van der Waals surface area contributed by atoms with Gasteiger partial charge in [-0.25, -0.2) is 9.80 Å². The van der Waals surface area contributed by atoms with Crippen molar-refractivity contribution in [2.24, 2.45) is 16.9 Å². The molecule has 0 bridgehead atoms. The second kappa shape index (κ2) is 8.45. The first kappa shape index (κ1) is 18.5. The molecule has 4 rings (SSSR count). The molecule has 146 valence electrons. The SMILES string of the molecule is CC1CCCCC(N2N=C(C3CCCCC3)c3ccccc3NC2=O)CC1. The van der Waals surface area contributed by atoms with E-state index in [0.29, 0.717) is 5.92 Å². The number of anilines is 1. The molecule has 2 unspecified atom stereocenters. The minimum Gasteiger partial charge on any atom is -0.306 e. The molecule has 1 aliphatic heterocycles. The molecule has 0 spiro atoms. The summed E-state index contributed by atoms with van der Waals surface area (Å²) in [7, 11) is 0. The van der Waals surface area contributed by atoms with Crippen molar-refractivity contribution < 1.29 is 4.79 Å². The normalized spacial score (nSPS) is 27.7. The number of nitrogens with one attached hydrogen (secondary N) is 1. The number of hydrogen-bond donors (Lipinski definition) is 1. The number of hydrogen-bond acceptors (Lipinski definition) is 2. The fourth-order valence-electron chi connectivity index (χ4n) is 5.01. The van der Waals surface area contributed by atoms with E-state index in [4.69, 9.17) is 5.10 Å². The fourth-order valence-corrected chi connectivity index (χ4v) is 5.01. The molecule has 2 fully saturated rings. The van der Waals surface area contributed by atoms with E-state index in [0.717, 1.165) is 35.7 Å². The van der Waals surface area contributed by atoms with E-state index in [1.165, 1.54) is 57.8 Å². The van der Waals surface area contributed by atoms with Crippen LogP contribution in [0.5, 0.6) is 0 Å². The van der Waals surface area contributed by atoms with Crippen molar-refractivity contribution in [2.75, 3.05) is 5.32 Å². The molecule has 1 heterocycles. The lowest BCUT2D eigenvalue weighted by atomic mass is 9.83. The van der Waals surface area contributed by atoms with E-state index in [9.17, 15) is 4.79 Å². The Morgan fingerprint density at radius 2 is 1.67 bits per heavy atom. The third kappa shape index (κ3) is 4.20. The zero-order valence-electron chi connectivity index (χ0n) is 16.6. The van der Waals surface area contributed by atoms with Gasteiger partial charge in [0.05, 0.1) is 17.4 Å². The highest BCUT2D eigenvalue weighted by Gasteiger charge is 2.32. The number of hydrazone groups is 1. The summed E-state index contributed by atoms with van der Waals surface area (Å²) in [6.45, 7) is 2.34. The molecule has 0 radical (unpaired) electrons. The summed E-state index contributed by atoms with van der Waals surface area (Å²) in [5.74, 6) is 1.23. The minimum absolute atomic E-state index is 0.0496. The van der Waals surface area contributed by atoms with Gasteiger partial charge in [0.1, 0.15) is 0 Å². The summed E-state index contributed by atoms with van der Waals surface area (Å²) in [5.41, 5.74) is 3.19. The highest BCUT2D eigenvalue weighted by molar-refractivity contribution is 6.10. The molecule has 4 nitrogen and oxygen atoms in total. The third-order valence-corrected chi connectivity index (χ3v) is 6.68. The molecule has 27 heavy (non-hydrogen) atoms. The average molecular weight is 368 g/mol. The first-order valence-corrected chi connectivity index (χ1v) is 11.0. The van der Waals surface area contributed by atoms with Gasteiger partial charge in [-0.15, -0.1) is 0 Å². The molecule has 1 aromatic rings. The summed E-state index contributed by atoms with van der Waals surface area (Å²) in [6, 6.07) is 8.40. The van der Waals surface area contributed by atoms with Gasteiger partial charge in [-0.3, -0.25) is 0 Å².